The van der Waals surface area contributed by atoms with Crippen molar-refractivity contribution in [2.45, 2.75) is 31.0 Å². The Kier molecular flexibility index (Phi) is 10.7. The van der Waals surface area contributed by atoms with Crippen LogP contribution >= 0.6 is 0 Å². The van der Waals surface area contributed by atoms with E-state index in [-0.39, 0.29) is 18.9 Å². The summed E-state index contributed by atoms with van der Waals surface area (Å²) in [4.78, 5) is 19.1. The Bertz CT molecular complexity index is 1640. The van der Waals surface area contributed by atoms with Gasteiger partial charge in [-0.15, -0.1) is 6.58 Å². The number of rotatable bonds is 15. The Morgan fingerprint density at radius 1 is 0.935 bits per heavy atom. The monoisotopic (exact) mass is 621 g/mol. The van der Waals surface area contributed by atoms with E-state index in [1.165, 1.54) is 0 Å². The molecule has 0 aromatic heterocycles. The fraction of sp³-hybridized carbons (Fsp3) is 0.243. The zero-order chi connectivity index (χ0) is 32.4. The molecule has 1 amide bonds. The quantitative estimate of drug-likeness (QED) is 0.0876. The predicted molar refractivity (Wildman–Crippen MR) is 178 cm³/mol. The molecule has 0 spiro atoms. The number of carbonyl (C=O) groups is 1. The highest BCUT2D eigenvalue weighted by Crippen LogP contribution is 2.43. The van der Waals surface area contributed by atoms with Crippen LogP contribution in [0.5, 0.6) is 17.2 Å². The number of hydrogen-bond acceptors (Lipinski definition) is 8. The summed E-state index contributed by atoms with van der Waals surface area (Å²) in [5.41, 5.74) is 9.12. The molecule has 0 fully saturated rings. The van der Waals surface area contributed by atoms with E-state index in [1.807, 2.05) is 84.9 Å². The fourth-order valence-electron chi connectivity index (χ4n) is 5.34. The minimum atomic E-state index is -1.34. The number of amides is 1. The van der Waals surface area contributed by atoms with Crippen LogP contribution in [0.4, 0.5) is 0 Å². The first-order chi connectivity index (χ1) is 22.5. The highest BCUT2D eigenvalue weighted by molar-refractivity contribution is 6.01. The van der Waals surface area contributed by atoms with Gasteiger partial charge in [-0.2, -0.15) is 0 Å². The Hall–Kier alpha value is -5.12. The Morgan fingerprint density at radius 2 is 1.63 bits per heavy atom. The lowest BCUT2D eigenvalue weighted by atomic mass is 9.84. The summed E-state index contributed by atoms with van der Waals surface area (Å²) in [6.07, 6.45) is 1.73. The number of methoxy groups -OCH3 is 2. The van der Waals surface area contributed by atoms with Gasteiger partial charge in [0.25, 0.3) is 5.91 Å². The van der Waals surface area contributed by atoms with E-state index in [1.54, 1.807) is 20.3 Å². The number of carbonyl (C=O) groups excluding carboxylic acids is 1. The molecule has 9 nitrogen and oxygen atoms in total. The van der Waals surface area contributed by atoms with Crippen molar-refractivity contribution >= 4 is 11.8 Å². The van der Waals surface area contributed by atoms with Gasteiger partial charge in [-0.3, -0.25) is 10.2 Å². The van der Waals surface area contributed by atoms with Crippen molar-refractivity contribution in [1.82, 2.24) is 10.9 Å². The molecule has 0 unspecified atom stereocenters. The molecule has 1 aliphatic heterocycles. The normalized spacial score (nSPS) is 17.0. The van der Waals surface area contributed by atoms with E-state index in [0.29, 0.717) is 48.3 Å². The molecule has 4 aromatic carbocycles. The maximum atomic E-state index is 14.1. The molecule has 0 saturated heterocycles. The number of ether oxygens (including phenoxy) is 4. The van der Waals surface area contributed by atoms with Crippen LogP contribution in [0.3, 0.4) is 0 Å². The molecule has 0 saturated carbocycles. The minimum absolute atomic E-state index is 0.0625. The van der Waals surface area contributed by atoms with Crippen molar-refractivity contribution in [2.75, 3.05) is 27.4 Å². The Labute approximate surface area is 269 Å². The van der Waals surface area contributed by atoms with E-state index in [9.17, 15) is 4.79 Å². The van der Waals surface area contributed by atoms with Gasteiger partial charge >= 0.3 is 0 Å². The van der Waals surface area contributed by atoms with Crippen LogP contribution < -0.4 is 25.1 Å². The van der Waals surface area contributed by atoms with Crippen LogP contribution in [-0.4, -0.2) is 49.9 Å². The van der Waals surface area contributed by atoms with Gasteiger partial charge in [0, 0.05) is 31.6 Å². The lowest BCUT2D eigenvalue weighted by Crippen LogP contribution is -2.52. The van der Waals surface area contributed by atoms with Crippen LogP contribution in [0.25, 0.3) is 11.1 Å². The van der Waals surface area contributed by atoms with Crippen molar-refractivity contribution in [1.29, 1.82) is 0 Å². The summed E-state index contributed by atoms with van der Waals surface area (Å²) >= 11 is 0. The summed E-state index contributed by atoms with van der Waals surface area (Å²) in [7, 11) is 3.16. The topological polar surface area (TPSA) is 111 Å². The average molecular weight is 622 g/mol. The maximum Gasteiger partial charge on any atom is 0.266 e. The molecule has 1 heterocycles. The molecule has 0 bridgehead atoms. The van der Waals surface area contributed by atoms with Gasteiger partial charge < -0.3 is 24.1 Å². The highest BCUT2D eigenvalue weighted by Gasteiger charge is 2.52. The van der Waals surface area contributed by atoms with Crippen LogP contribution in [0.1, 0.15) is 35.6 Å². The summed E-state index contributed by atoms with van der Waals surface area (Å²) in [5.74, 6) is 1.87. The summed E-state index contributed by atoms with van der Waals surface area (Å²) in [6.45, 7) is 4.76. The SMILES string of the molecule is C=CC[C@]1(C(=O)NNCc2ccc(OC)c(OC)c2)N=C(c2ccc(OCCCO)cc2)O[C@H]1c1ccc(-c2ccccc2)cc1. The van der Waals surface area contributed by atoms with Gasteiger partial charge in [-0.05, 0) is 58.7 Å². The summed E-state index contributed by atoms with van der Waals surface area (Å²) in [6, 6.07) is 31.0. The second-order valence-corrected chi connectivity index (χ2v) is 10.8. The van der Waals surface area contributed by atoms with Crippen molar-refractivity contribution in [2.24, 2.45) is 4.99 Å². The van der Waals surface area contributed by atoms with E-state index >= 15 is 0 Å². The molecular weight excluding hydrogens is 582 g/mol. The number of aliphatic hydroxyl groups excluding tert-OH is 1. The van der Waals surface area contributed by atoms with Crippen molar-refractivity contribution in [3.8, 4) is 28.4 Å². The summed E-state index contributed by atoms with van der Waals surface area (Å²) in [5, 5.41) is 9.05. The van der Waals surface area contributed by atoms with Gasteiger partial charge in [-0.1, -0.05) is 66.7 Å². The van der Waals surface area contributed by atoms with E-state index < -0.39 is 11.6 Å². The smallest absolute Gasteiger partial charge is 0.266 e. The van der Waals surface area contributed by atoms with Crippen LogP contribution in [0.15, 0.2) is 115 Å². The largest absolute Gasteiger partial charge is 0.494 e. The molecule has 5 rings (SSSR count). The third-order valence-electron chi connectivity index (χ3n) is 7.75. The molecule has 2 atom stereocenters. The highest BCUT2D eigenvalue weighted by atomic mass is 16.5. The van der Waals surface area contributed by atoms with Crippen LogP contribution in [0.2, 0.25) is 0 Å². The number of nitrogens with one attached hydrogen (secondary N) is 2. The first kappa shape index (κ1) is 32.3. The lowest BCUT2D eigenvalue weighted by molar-refractivity contribution is -0.129. The molecule has 46 heavy (non-hydrogen) atoms. The van der Waals surface area contributed by atoms with Crippen molar-refractivity contribution in [3.05, 3.63) is 126 Å². The van der Waals surface area contributed by atoms with E-state index in [0.717, 1.165) is 22.3 Å². The average Bonchev–Trinajstić information content (AvgIpc) is 3.49. The number of nitrogens with zero attached hydrogens (tertiary/aromatic N) is 1. The number of aliphatic imine (C=N–C) groups is 1. The molecule has 1 aliphatic rings. The Morgan fingerprint density at radius 3 is 2.30 bits per heavy atom. The first-order valence-electron chi connectivity index (χ1n) is 15.1. The van der Waals surface area contributed by atoms with Gasteiger partial charge in [0.1, 0.15) is 5.75 Å². The first-order valence-corrected chi connectivity index (χ1v) is 15.1. The maximum absolute atomic E-state index is 14.1. The van der Waals surface area contributed by atoms with E-state index in [2.05, 4.69) is 29.6 Å². The fourth-order valence-corrected chi connectivity index (χ4v) is 5.34. The van der Waals surface area contributed by atoms with Gasteiger partial charge in [0.2, 0.25) is 5.90 Å². The lowest BCUT2D eigenvalue weighted by Gasteiger charge is -2.29. The third kappa shape index (κ3) is 7.22. The molecular formula is C37H39N3O6. The standard InChI is InChI=1S/C37H39N3O6/c1-4-21-37(36(42)40-38-25-26-11-20-32(43-2)33(24-26)44-3)34(29-14-12-28(13-15-29)27-9-6-5-7-10-27)46-35(39-37)30-16-18-31(19-17-30)45-23-8-22-41/h4-7,9-20,24,34,38,41H,1,8,21-23,25H2,2-3H3,(H,40,42)/t34-,37-/m0/s1. The number of hydrogen-bond donors (Lipinski definition) is 3. The van der Waals surface area contributed by atoms with E-state index in [4.69, 9.17) is 29.0 Å². The molecule has 3 N–H and O–H groups in total. The number of aliphatic hydroxyl groups is 1. The number of benzene rings is 4. The molecule has 238 valence electrons. The zero-order valence-corrected chi connectivity index (χ0v) is 26.1. The van der Waals surface area contributed by atoms with Gasteiger partial charge in [0.05, 0.1) is 20.8 Å². The van der Waals surface area contributed by atoms with Gasteiger partial charge in [0.15, 0.2) is 23.1 Å². The summed E-state index contributed by atoms with van der Waals surface area (Å²) < 4.78 is 23.0. The number of hydrazine groups is 1. The minimum Gasteiger partial charge on any atom is -0.494 e. The predicted octanol–water partition coefficient (Wildman–Crippen LogP) is 5.79. The second kappa shape index (κ2) is 15.2. The zero-order valence-electron chi connectivity index (χ0n) is 26.1. The Balaban J connectivity index is 1.43. The van der Waals surface area contributed by atoms with Crippen molar-refractivity contribution in [3.63, 3.8) is 0 Å². The molecule has 9 heteroatoms. The van der Waals surface area contributed by atoms with Crippen LogP contribution in [0, 0.1) is 0 Å². The van der Waals surface area contributed by atoms with Crippen LogP contribution in [-0.2, 0) is 16.1 Å². The molecule has 0 radical (unpaired) electrons. The second-order valence-electron chi connectivity index (χ2n) is 10.8. The third-order valence-corrected chi connectivity index (χ3v) is 7.75. The van der Waals surface area contributed by atoms with Crippen molar-refractivity contribution < 1.29 is 28.8 Å². The molecule has 0 aliphatic carbocycles. The molecule has 4 aromatic rings. The van der Waals surface area contributed by atoms with Gasteiger partial charge in [-0.25, -0.2) is 10.4 Å².